The quantitative estimate of drug-likeness (QED) is 0.829. The minimum atomic E-state index is 0.569. The minimum absolute atomic E-state index is 0.569. The van der Waals surface area contributed by atoms with Crippen LogP contribution in [0.2, 0.25) is 0 Å². The van der Waals surface area contributed by atoms with Gasteiger partial charge in [-0.1, -0.05) is 6.92 Å². The van der Waals surface area contributed by atoms with Gasteiger partial charge < -0.3 is 10.2 Å². The molecule has 1 aromatic rings. The van der Waals surface area contributed by atoms with E-state index in [9.17, 15) is 0 Å². The Hall–Kier alpha value is -1.20. The number of hydrogen-bond acceptors (Lipinski definition) is 5. The van der Waals surface area contributed by atoms with Crippen molar-refractivity contribution >= 4 is 5.95 Å². The van der Waals surface area contributed by atoms with Crippen LogP contribution in [0.5, 0.6) is 0 Å². The van der Waals surface area contributed by atoms with Gasteiger partial charge in [0, 0.05) is 51.2 Å². The van der Waals surface area contributed by atoms with Crippen LogP contribution in [-0.4, -0.2) is 60.2 Å². The van der Waals surface area contributed by atoms with Gasteiger partial charge >= 0.3 is 0 Å². The summed E-state index contributed by atoms with van der Waals surface area (Å²) in [6, 6.07) is 2.43. The van der Waals surface area contributed by atoms with E-state index in [1.54, 1.807) is 0 Å². The highest BCUT2D eigenvalue weighted by Crippen LogP contribution is 2.09. The summed E-state index contributed by atoms with van der Waals surface area (Å²) in [7, 11) is 0. The van der Waals surface area contributed by atoms with Crippen molar-refractivity contribution < 1.29 is 0 Å². The average molecular weight is 263 g/mol. The van der Waals surface area contributed by atoms with Crippen molar-refractivity contribution in [2.75, 3.05) is 44.2 Å². The zero-order chi connectivity index (χ0) is 13.5. The molecule has 1 atom stereocenters. The van der Waals surface area contributed by atoms with Crippen LogP contribution in [0.3, 0.4) is 0 Å². The molecule has 2 heterocycles. The zero-order valence-corrected chi connectivity index (χ0v) is 12.0. The van der Waals surface area contributed by atoms with Crippen molar-refractivity contribution in [2.24, 2.45) is 0 Å². The Balaban J connectivity index is 1.73. The van der Waals surface area contributed by atoms with Crippen molar-refractivity contribution in [1.82, 2.24) is 20.2 Å². The Morgan fingerprint density at radius 1 is 1.21 bits per heavy atom. The molecule has 106 valence electrons. The van der Waals surface area contributed by atoms with E-state index in [0.29, 0.717) is 6.04 Å². The molecule has 0 amide bonds. The third kappa shape index (κ3) is 4.44. The largest absolute Gasteiger partial charge is 0.338 e. The summed E-state index contributed by atoms with van der Waals surface area (Å²) < 4.78 is 0. The van der Waals surface area contributed by atoms with Crippen LogP contribution in [0, 0.1) is 0 Å². The summed E-state index contributed by atoms with van der Waals surface area (Å²) in [5, 5.41) is 3.54. The maximum absolute atomic E-state index is 4.31. The number of nitrogens with zero attached hydrogens (tertiary/aromatic N) is 4. The van der Waals surface area contributed by atoms with Crippen LogP contribution < -0.4 is 10.2 Å². The molecule has 1 unspecified atom stereocenters. The Kier molecular flexibility index (Phi) is 5.54. The second-order valence-electron chi connectivity index (χ2n) is 5.19. The molecule has 0 spiro atoms. The van der Waals surface area contributed by atoms with Crippen LogP contribution in [0.1, 0.15) is 20.3 Å². The number of rotatable bonds is 6. The van der Waals surface area contributed by atoms with Crippen LogP contribution in [0.25, 0.3) is 0 Å². The third-order valence-electron chi connectivity index (χ3n) is 3.48. The molecule has 2 rings (SSSR count). The van der Waals surface area contributed by atoms with Crippen molar-refractivity contribution in [3.63, 3.8) is 0 Å². The van der Waals surface area contributed by atoms with E-state index in [0.717, 1.165) is 45.2 Å². The first-order valence-corrected chi connectivity index (χ1v) is 7.27. The Morgan fingerprint density at radius 3 is 2.53 bits per heavy atom. The first kappa shape index (κ1) is 14.2. The molecule has 5 heteroatoms. The zero-order valence-electron chi connectivity index (χ0n) is 12.0. The molecule has 0 aliphatic carbocycles. The van der Waals surface area contributed by atoms with Gasteiger partial charge in [0.15, 0.2) is 0 Å². The highest BCUT2D eigenvalue weighted by Gasteiger charge is 2.19. The summed E-state index contributed by atoms with van der Waals surface area (Å²) in [6.45, 7) is 10.9. The van der Waals surface area contributed by atoms with Gasteiger partial charge in [0.2, 0.25) is 5.95 Å². The average Bonchev–Trinajstić information content (AvgIpc) is 2.47. The molecule has 1 saturated heterocycles. The van der Waals surface area contributed by atoms with Gasteiger partial charge in [0.25, 0.3) is 0 Å². The lowest BCUT2D eigenvalue weighted by atomic mass is 10.2. The van der Waals surface area contributed by atoms with Gasteiger partial charge in [0.1, 0.15) is 0 Å². The minimum Gasteiger partial charge on any atom is -0.338 e. The molecule has 1 aromatic heterocycles. The van der Waals surface area contributed by atoms with Crippen LogP contribution in [-0.2, 0) is 0 Å². The van der Waals surface area contributed by atoms with E-state index in [-0.39, 0.29) is 0 Å². The number of hydrogen-bond donors (Lipinski definition) is 1. The number of nitrogens with one attached hydrogen (secondary N) is 1. The Bertz CT molecular complexity index is 348. The van der Waals surface area contributed by atoms with Gasteiger partial charge in [-0.25, -0.2) is 9.97 Å². The molecule has 1 fully saturated rings. The van der Waals surface area contributed by atoms with E-state index < -0.39 is 0 Å². The standard InChI is InChI=1S/C14H25N5/c1-3-5-15-13(2)12-18-8-10-19(11-9-18)14-16-6-4-7-17-14/h4,6-7,13,15H,3,5,8-12H2,1-2H3. The normalized spacial score (nSPS) is 18.5. The fraction of sp³-hybridized carbons (Fsp3) is 0.714. The molecule has 19 heavy (non-hydrogen) atoms. The van der Waals surface area contributed by atoms with E-state index >= 15 is 0 Å². The molecule has 0 aromatic carbocycles. The SMILES string of the molecule is CCCNC(C)CN1CCN(c2ncccn2)CC1. The third-order valence-corrected chi connectivity index (χ3v) is 3.48. The maximum atomic E-state index is 4.31. The summed E-state index contributed by atoms with van der Waals surface area (Å²) >= 11 is 0. The van der Waals surface area contributed by atoms with Crippen molar-refractivity contribution in [2.45, 2.75) is 26.3 Å². The number of aromatic nitrogens is 2. The second kappa shape index (κ2) is 7.40. The highest BCUT2D eigenvalue weighted by molar-refractivity contribution is 5.29. The molecule has 1 N–H and O–H groups in total. The second-order valence-corrected chi connectivity index (χ2v) is 5.19. The van der Waals surface area contributed by atoms with Gasteiger partial charge in [-0.15, -0.1) is 0 Å². The first-order valence-electron chi connectivity index (χ1n) is 7.27. The smallest absolute Gasteiger partial charge is 0.225 e. The molecule has 0 radical (unpaired) electrons. The van der Waals surface area contributed by atoms with Gasteiger partial charge in [-0.3, -0.25) is 4.90 Å². The maximum Gasteiger partial charge on any atom is 0.225 e. The lowest BCUT2D eigenvalue weighted by Gasteiger charge is -2.36. The molecule has 1 aliphatic heterocycles. The van der Waals surface area contributed by atoms with Crippen LogP contribution in [0.15, 0.2) is 18.5 Å². The van der Waals surface area contributed by atoms with E-state index in [4.69, 9.17) is 0 Å². The van der Waals surface area contributed by atoms with Gasteiger partial charge in [-0.05, 0) is 26.0 Å². The van der Waals surface area contributed by atoms with E-state index in [2.05, 4.69) is 38.9 Å². The molecule has 1 aliphatic rings. The fourth-order valence-electron chi connectivity index (χ4n) is 2.43. The summed E-state index contributed by atoms with van der Waals surface area (Å²) in [6.07, 6.45) is 4.82. The molecule has 0 bridgehead atoms. The van der Waals surface area contributed by atoms with Crippen LogP contribution >= 0.6 is 0 Å². The predicted molar refractivity (Wildman–Crippen MR) is 78.4 cm³/mol. The first-order chi connectivity index (χ1) is 9.29. The molecule has 0 saturated carbocycles. The van der Waals surface area contributed by atoms with Crippen molar-refractivity contribution in [1.29, 1.82) is 0 Å². The number of piperazine rings is 1. The summed E-state index contributed by atoms with van der Waals surface area (Å²) in [4.78, 5) is 13.4. The predicted octanol–water partition coefficient (Wildman–Crippen LogP) is 0.987. The van der Waals surface area contributed by atoms with Crippen LogP contribution in [0.4, 0.5) is 5.95 Å². The van der Waals surface area contributed by atoms with Crippen molar-refractivity contribution in [3.8, 4) is 0 Å². The van der Waals surface area contributed by atoms with E-state index in [1.807, 2.05) is 18.5 Å². The highest BCUT2D eigenvalue weighted by atomic mass is 15.3. The number of anilines is 1. The fourth-order valence-corrected chi connectivity index (χ4v) is 2.43. The lowest BCUT2D eigenvalue weighted by molar-refractivity contribution is 0.233. The Morgan fingerprint density at radius 2 is 1.89 bits per heavy atom. The Labute approximate surface area is 116 Å². The molecule has 5 nitrogen and oxygen atoms in total. The summed E-state index contributed by atoms with van der Waals surface area (Å²) in [5.74, 6) is 0.860. The van der Waals surface area contributed by atoms with Crippen molar-refractivity contribution in [3.05, 3.63) is 18.5 Å². The topological polar surface area (TPSA) is 44.3 Å². The van der Waals surface area contributed by atoms with Gasteiger partial charge in [0.05, 0.1) is 0 Å². The molecular formula is C14H25N5. The summed E-state index contributed by atoms with van der Waals surface area (Å²) in [5.41, 5.74) is 0. The van der Waals surface area contributed by atoms with Gasteiger partial charge in [-0.2, -0.15) is 0 Å². The van der Waals surface area contributed by atoms with E-state index in [1.165, 1.54) is 6.42 Å². The lowest BCUT2D eigenvalue weighted by Crippen LogP contribution is -2.50. The molecular weight excluding hydrogens is 238 g/mol. The monoisotopic (exact) mass is 263 g/mol.